The van der Waals surface area contributed by atoms with Crippen LogP contribution in [0, 0.1) is 11.2 Å². The molecule has 0 amide bonds. The lowest BCUT2D eigenvalue weighted by molar-refractivity contribution is -0.232. The summed E-state index contributed by atoms with van der Waals surface area (Å²) in [5.74, 6) is -0.0990. The van der Waals surface area contributed by atoms with Crippen LogP contribution in [-0.2, 0) is 0 Å². The van der Waals surface area contributed by atoms with E-state index in [-0.39, 0.29) is 30.0 Å². The molecule has 1 N–H and O–H groups in total. The van der Waals surface area contributed by atoms with Crippen LogP contribution in [0.4, 0.5) is 36.4 Å². The molecule has 0 spiro atoms. The van der Waals surface area contributed by atoms with Gasteiger partial charge in [-0.3, -0.25) is 0 Å². The van der Waals surface area contributed by atoms with Crippen LogP contribution < -0.4 is 9.64 Å². The number of rotatable bonds is 7. The van der Waals surface area contributed by atoms with E-state index >= 15 is 0 Å². The number of aliphatic hydroxyl groups is 1. The van der Waals surface area contributed by atoms with Gasteiger partial charge in [0.2, 0.25) is 0 Å². The molecule has 1 saturated carbocycles. The van der Waals surface area contributed by atoms with Crippen LogP contribution in [0.3, 0.4) is 0 Å². The second kappa shape index (κ2) is 9.79. The zero-order valence-corrected chi connectivity index (χ0v) is 17.6. The molecule has 2 aromatic rings. The van der Waals surface area contributed by atoms with Gasteiger partial charge >= 0.3 is 12.4 Å². The fourth-order valence-electron chi connectivity index (χ4n) is 4.08. The normalized spacial score (nSPS) is 17.5. The van der Waals surface area contributed by atoms with Gasteiger partial charge in [-0.15, -0.1) is 0 Å². The molecule has 0 heterocycles. The third-order valence-electron chi connectivity index (χ3n) is 5.91. The Kier molecular flexibility index (Phi) is 7.45. The summed E-state index contributed by atoms with van der Waals surface area (Å²) in [5.41, 5.74) is -2.13. The highest BCUT2D eigenvalue weighted by Gasteiger charge is 2.55. The zero-order chi connectivity index (χ0) is 24.3. The smallest absolute Gasteiger partial charge is 0.416 e. The van der Waals surface area contributed by atoms with Crippen molar-refractivity contribution in [3.8, 4) is 11.5 Å². The van der Waals surface area contributed by atoms with E-state index in [1.807, 2.05) is 0 Å². The fraction of sp³-hybridized carbons (Fsp3) is 0.478. The first-order valence-corrected chi connectivity index (χ1v) is 10.5. The molecule has 33 heavy (non-hydrogen) atoms. The standard InChI is InChI=1S/C23H24F7NO2/c24-16-7-9-18(10-8-16)33-19-6-4-5-17(13-19)31(14-20(32)22(25,26)27)15-21(23(28,29)30)11-2-1-3-12-21/h4-10,13,20,32H,1-3,11-12,14-15H2. The molecule has 3 nitrogen and oxygen atoms in total. The molecule has 10 heteroatoms. The molecule has 1 aliphatic carbocycles. The number of aliphatic hydroxyl groups excluding tert-OH is 1. The summed E-state index contributed by atoms with van der Waals surface area (Å²) in [5, 5.41) is 9.65. The quantitative estimate of drug-likeness (QED) is 0.441. The van der Waals surface area contributed by atoms with Gasteiger partial charge in [0.25, 0.3) is 0 Å². The van der Waals surface area contributed by atoms with E-state index in [0.29, 0.717) is 19.3 Å². The molecule has 1 atom stereocenters. The zero-order valence-electron chi connectivity index (χ0n) is 17.6. The van der Waals surface area contributed by atoms with Gasteiger partial charge in [0.05, 0.1) is 12.0 Å². The first-order valence-electron chi connectivity index (χ1n) is 10.5. The molecule has 0 bridgehead atoms. The summed E-state index contributed by atoms with van der Waals surface area (Å²) in [4.78, 5) is 0.925. The molecule has 0 aliphatic heterocycles. The summed E-state index contributed by atoms with van der Waals surface area (Å²) in [6, 6.07) is 10.6. The van der Waals surface area contributed by atoms with Gasteiger partial charge in [0, 0.05) is 18.3 Å². The van der Waals surface area contributed by atoms with Crippen LogP contribution in [0.25, 0.3) is 0 Å². The Balaban J connectivity index is 1.92. The average molecular weight is 479 g/mol. The Morgan fingerprint density at radius 2 is 1.55 bits per heavy atom. The fourth-order valence-corrected chi connectivity index (χ4v) is 4.08. The molecule has 1 aliphatic rings. The Morgan fingerprint density at radius 3 is 2.12 bits per heavy atom. The SMILES string of the molecule is OC(CN(CC1(C(F)(F)F)CCCCC1)c1cccc(Oc2ccc(F)cc2)c1)C(F)(F)F. The van der Waals surface area contributed by atoms with Crippen molar-refractivity contribution in [3.05, 3.63) is 54.3 Å². The van der Waals surface area contributed by atoms with Gasteiger partial charge in [0.1, 0.15) is 17.3 Å². The Morgan fingerprint density at radius 1 is 0.909 bits per heavy atom. The highest BCUT2D eigenvalue weighted by atomic mass is 19.4. The average Bonchev–Trinajstić information content (AvgIpc) is 2.74. The Hall–Kier alpha value is -2.49. The van der Waals surface area contributed by atoms with Crippen molar-refractivity contribution in [1.82, 2.24) is 0 Å². The maximum Gasteiger partial charge on any atom is 0.416 e. The number of benzene rings is 2. The third-order valence-corrected chi connectivity index (χ3v) is 5.91. The molecule has 0 saturated heterocycles. The minimum absolute atomic E-state index is 0.0483. The monoisotopic (exact) mass is 479 g/mol. The van der Waals surface area contributed by atoms with Crippen LogP contribution in [0.5, 0.6) is 11.5 Å². The summed E-state index contributed by atoms with van der Waals surface area (Å²) in [6.07, 6.45) is -11.5. The molecular weight excluding hydrogens is 455 g/mol. The molecule has 3 rings (SSSR count). The van der Waals surface area contributed by atoms with Crippen LogP contribution in [0.2, 0.25) is 0 Å². The second-order valence-electron chi connectivity index (χ2n) is 8.33. The number of ether oxygens (including phenoxy) is 1. The Bertz CT molecular complexity index is 906. The lowest BCUT2D eigenvalue weighted by atomic mass is 9.73. The molecule has 2 aromatic carbocycles. The summed E-state index contributed by atoms with van der Waals surface area (Å²) < 4.78 is 100. The number of hydrogen-bond acceptors (Lipinski definition) is 3. The van der Waals surface area contributed by atoms with Gasteiger partial charge < -0.3 is 14.7 Å². The van der Waals surface area contributed by atoms with E-state index in [2.05, 4.69) is 0 Å². The second-order valence-corrected chi connectivity index (χ2v) is 8.33. The first-order chi connectivity index (χ1) is 15.4. The maximum atomic E-state index is 14.1. The van der Waals surface area contributed by atoms with Crippen molar-refractivity contribution in [2.45, 2.75) is 50.6 Å². The first kappa shape index (κ1) is 25.1. The largest absolute Gasteiger partial charge is 0.457 e. The van der Waals surface area contributed by atoms with Crippen molar-refractivity contribution < 1.29 is 40.6 Å². The van der Waals surface area contributed by atoms with Crippen molar-refractivity contribution in [3.63, 3.8) is 0 Å². The molecule has 1 fully saturated rings. The number of halogens is 7. The van der Waals surface area contributed by atoms with E-state index in [0.717, 1.165) is 17.0 Å². The minimum atomic E-state index is -4.99. The van der Waals surface area contributed by atoms with E-state index in [4.69, 9.17) is 4.74 Å². The van der Waals surface area contributed by atoms with Gasteiger partial charge in [-0.2, -0.15) is 26.3 Å². The summed E-state index contributed by atoms with van der Waals surface area (Å²) in [7, 11) is 0. The predicted molar refractivity (Wildman–Crippen MR) is 109 cm³/mol. The van der Waals surface area contributed by atoms with Crippen molar-refractivity contribution in [1.29, 1.82) is 0 Å². The van der Waals surface area contributed by atoms with E-state index in [1.165, 1.54) is 36.4 Å². The maximum absolute atomic E-state index is 14.1. The molecule has 0 radical (unpaired) electrons. The number of anilines is 1. The van der Waals surface area contributed by atoms with E-state index in [1.54, 1.807) is 0 Å². The third kappa shape index (κ3) is 6.31. The number of hydrogen-bond donors (Lipinski definition) is 1. The van der Waals surface area contributed by atoms with Crippen LogP contribution >= 0.6 is 0 Å². The highest BCUT2D eigenvalue weighted by Crippen LogP contribution is 2.50. The lowest BCUT2D eigenvalue weighted by Crippen LogP contribution is -2.51. The molecular formula is C23H24F7NO2. The van der Waals surface area contributed by atoms with Crippen LogP contribution in [-0.4, -0.2) is 36.7 Å². The van der Waals surface area contributed by atoms with Crippen molar-refractivity contribution in [2.75, 3.05) is 18.0 Å². The van der Waals surface area contributed by atoms with Crippen molar-refractivity contribution in [2.24, 2.45) is 5.41 Å². The van der Waals surface area contributed by atoms with E-state index < -0.39 is 42.8 Å². The molecule has 182 valence electrons. The minimum Gasteiger partial charge on any atom is -0.457 e. The number of nitrogens with zero attached hydrogens (tertiary/aromatic N) is 1. The van der Waals surface area contributed by atoms with Crippen LogP contribution in [0.15, 0.2) is 48.5 Å². The van der Waals surface area contributed by atoms with E-state index in [9.17, 15) is 35.8 Å². The highest BCUT2D eigenvalue weighted by molar-refractivity contribution is 5.52. The number of alkyl halides is 6. The van der Waals surface area contributed by atoms with Gasteiger partial charge in [0.15, 0.2) is 6.10 Å². The summed E-state index contributed by atoms with van der Waals surface area (Å²) >= 11 is 0. The van der Waals surface area contributed by atoms with Crippen LogP contribution in [0.1, 0.15) is 32.1 Å². The predicted octanol–water partition coefficient (Wildman–Crippen LogP) is 6.86. The van der Waals surface area contributed by atoms with Crippen molar-refractivity contribution >= 4 is 5.69 Å². The Labute approximate surface area is 186 Å². The summed E-state index contributed by atoms with van der Waals surface area (Å²) in [6.45, 7) is -1.77. The lowest BCUT2D eigenvalue weighted by Gasteiger charge is -2.43. The topological polar surface area (TPSA) is 32.7 Å². The molecule has 0 aromatic heterocycles. The van der Waals surface area contributed by atoms with Gasteiger partial charge in [-0.25, -0.2) is 4.39 Å². The van der Waals surface area contributed by atoms with Gasteiger partial charge in [-0.1, -0.05) is 25.3 Å². The molecule has 1 unspecified atom stereocenters. The van der Waals surface area contributed by atoms with Gasteiger partial charge in [-0.05, 0) is 49.2 Å².